The zero-order valence-corrected chi connectivity index (χ0v) is 11.9. The van der Waals surface area contributed by atoms with Gasteiger partial charge in [-0.1, -0.05) is 19.1 Å². The molecule has 106 valence electrons. The lowest BCUT2D eigenvalue weighted by atomic mass is 10.0. The molecule has 0 fully saturated rings. The van der Waals surface area contributed by atoms with Crippen molar-refractivity contribution in [3.05, 3.63) is 59.4 Å². The van der Waals surface area contributed by atoms with Crippen molar-refractivity contribution in [2.24, 2.45) is 0 Å². The summed E-state index contributed by atoms with van der Waals surface area (Å²) in [6.07, 6.45) is 3.63. The average Bonchev–Trinajstić information content (AvgIpc) is 2.45. The molecule has 3 nitrogen and oxygen atoms in total. The van der Waals surface area contributed by atoms with Crippen molar-refractivity contribution in [1.29, 1.82) is 0 Å². The Hall–Kier alpha value is -1.81. The first-order valence-electron chi connectivity index (χ1n) is 6.96. The fraction of sp³-hybridized carbons (Fsp3) is 0.375. The molecular weight excluding hydrogens is 253 g/mol. The van der Waals surface area contributed by atoms with E-state index in [1.807, 2.05) is 25.1 Å². The van der Waals surface area contributed by atoms with Crippen LogP contribution in [0.25, 0.3) is 0 Å². The van der Waals surface area contributed by atoms with Crippen LogP contribution in [0.5, 0.6) is 0 Å². The van der Waals surface area contributed by atoms with Crippen LogP contribution in [0.15, 0.2) is 36.5 Å². The first kappa shape index (κ1) is 14.6. The van der Waals surface area contributed by atoms with Gasteiger partial charge in [-0.05, 0) is 50.1 Å². The van der Waals surface area contributed by atoms with E-state index >= 15 is 0 Å². The van der Waals surface area contributed by atoms with Gasteiger partial charge in [0.05, 0.1) is 11.7 Å². The predicted molar refractivity (Wildman–Crippen MR) is 77.9 cm³/mol. The molecule has 1 heterocycles. The Balaban J connectivity index is 2.16. The van der Waals surface area contributed by atoms with Gasteiger partial charge in [-0.15, -0.1) is 0 Å². The van der Waals surface area contributed by atoms with E-state index < -0.39 is 0 Å². The van der Waals surface area contributed by atoms with Crippen LogP contribution in [0.4, 0.5) is 4.39 Å². The molecule has 0 bridgehead atoms. The van der Waals surface area contributed by atoms with Crippen LogP contribution in [-0.2, 0) is 6.42 Å². The summed E-state index contributed by atoms with van der Waals surface area (Å²) >= 11 is 0. The fourth-order valence-corrected chi connectivity index (χ4v) is 2.12. The fourth-order valence-electron chi connectivity index (χ4n) is 2.12. The van der Waals surface area contributed by atoms with Crippen molar-refractivity contribution in [3.8, 4) is 0 Å². The Labute approximate surface area is 119 Å². The van der Waals surface area contributed by atoms with Gasteiger partial charge < -0.3 is 5.32 Å². The normalized spacial score (nSPS) is 12.3. The van der Waals surface area contributed by atoms with Gasteiger partial charge in [-0.3, -0.25) is 0 Å². The Morgan fingerprint density at radius 2 is 1.95 bits per heavy atom. The molecule has 2 aromatic rings. The lowest BCUT2D eigenvalue weighted by Gasteiger charge is -2.18. The van der Waals surface area contributed by atoms with E-state index in [1.54, 1.807) is 6.20 Å². The number of nitrogens with one attached hydrogen (secondary N) is 1. The first-order valence-corrected chi connectivity index (χ1v) is 6.96. The maximum Gasteiger partial charge on any atom is 0.125 e. The Bertz CT molecular complexity index is 540. The maximum atomic E-state index is 13.0. The zero-order chi connectivity index (χ0) is 14.4. The number of aryl methyl sites for hydroxylation is 1. The second-order valence-electron chi connectivity index (χ2n) is 4.87. The molecule has 1 aromatic carbocycles. The molecule has 0 spiro atoms. The van der Waals surface area contributed by atoms with Crippen LogP contribution in [0, 0.1) is 12.7 Å². The molecule has 0 radical (unpaired) electrons. The van der Waals surface area contributed by atoms with Crippen molar-refractivity contribution in [2.45, 2.75) is 32.7 Å². The highest BCUT2D eigenvalue weighted by molar-refractivity contribution is 5.20. The van der Waals surface area contributed by atoms with Gasteiger partial charge in [-0.2, -0.15) is 0 Å². The number of nitrogens with zero attached hydrogens (tertiary/aromatic N) is 2. The summed E-state index contributed by atoms with van der Waals surface area (Å²) in [6, 6.07) is 8.70. The minimum absolute atomic E-state index is 0.127. The van der Waals surface area contributed by atoms with Gasteiger partial charge in [0.25, 0.3) is 0 Å². The number of aromatic nitrogens is 2. The summed E-state index contributed by atoms with van der Waals surface area (Å²) in [6.45, 7) is 4.94. The van der Waals surface area contributed by atoms with Crippen LogP contribution >= 0.6 is 0 Å². The Morgan fingerprint density at radius 3 is 2.60 bits per heavy atom. The van der Waals surface area contributed by atoms with Crippen LogP contribution < -0.4 is 5.32 Å². The molecule has 20 heavy (non-hydrogen) atoms. The first-order chi connectivity index (χ1) is 9.69. The van der Waals surface area contributed by atoms with E-state index in [4.69, 9.17) is 0 Å². The molecule has 1 atom stereocenters. The van der Waals surface area contributed by atoms with E-state index in [-0.39, 0.29) is 11.9 Å². The van der Waals surface area contributed by atoms with Crippen molar-refractivity contribution in [1.82, 2.24) is 15.3 Å². The van der Waals surface area contributed by atoms with Gasteiger partial charge in [-0.25, -0.2) is 14.4 Å². The minimum Gasteiger partial charge on any atom is -0.308 e. The molecule has 1 aromatic heterocycles. The number of hydrogen-bond acceptors (Lipinski definition) is 3. The standard InChI is InChI=1S/C16H20FN3/c1-3-9-19-16(15-8-10-18-12(2)20-15)11-13-4-6-14(17)7-5-13/h4-8,10,16,19H,3,9,11H2,1-2H3. The summed E-state index contributed by atoms with van der Waals surface area (Å²) < 4.78 is 13.0. The average molecular weight is 273 g/mol. The van der Waals surface area contributed by atoms with Crippen LogP contribution in [0.1, 0.15) is 36.5 Å². The van der Waals surface area contributed by atoms with Crippen LogP contribution in [0.2, 0.25) is 0 Å². The quantitative estimate of drug-likeness (QED) is 0.878. The van der Waals surface area contributed by atoms with Gasteiger partial charge in [0, 0.05) is 6.20 Å². The van der Waals surface area contributed by atoms with Crippen LogP contribution in [-0.4, -0.2) is 16.5 Å². The largest absolute Gasteiger partial charge is 0.308 e. The highest BCUT2D eigenvalue weighted by Crippen LogP contribution is 2.17. The molecule has 0 aliphatic heterocycles. The summed E-state index contributed by atoms with van der Waals surface area (Å²) in [5, 5.41) is 3.49. The zero-order valence-electron chi connectivity index (χ0n) is 11.9. The van der Waals surface area contributed by atoms with Crippen molar-refractivity contribution < 1.29 is 4.39 Å². The molecular formula is C16H20FN3. The summed E-state index contributed by atoms with van der Waals surface area (Å²) in [5.41, 5.74) is 2.08. The third kappa shape index (κ3) is 4.10. The molecule has 0 saturated heterocycles. The van der Waals surface area contributed by atoms with E-state index in [0.717, 1.165) is 36.5 Å². The van der Waals surface area contributed by atoms with E-state index in [0.29, 0.717) is 0 Å². The van der Waals surface area contributed by atoms with Crippen molar-refractivity contribution >= 4 is 0 Å². The summed E-state index contributed by atoms with van der Waals surface area (Å²) in [4.78, 5) is 8.63. The lowest BCUT2D eigenvalue weighted by molar-refractivity contribution is 0.515. The summed E-state index contributed by atoms with van der Waals surface area (Å²) in [7, 11) is 0. The smallest absolute Gasteiger partial charge is 0.125 e. The van der Waals surface area contributed by atoms with Gasteiger partial charge in [0.2, 0.25) is 0 Å². The Morgan fingerprint density at radius 1 is 1.20 bits per heavy atom. The van der Waals surface area contributed by atoms with E-state index in [1.165, 1.54) is 12.1 Å². The second kappa shape index (κ2) is 7.10. The third-order valence-corrected chi connectivity index (χ3v) is 3.15. The monoisotopic (exact) mass is 273 g/mol. The molecule has 1 unspecified atom stereocenters. The molecule has 0 saturated carbocycles. The number of hydrogen-bond donors (Lipinski definition) is 1. The minimum atomic E-state index is -0.204. The predicted octanol–water partition coefficient (Wildman–Crippen LogP) is 3.21. The topological polar surface area (TPSA) is 37.8 Å². The van der Waals surface area contributed by atoms with Crippen molar-refractivity contribution in [2.75, 3.05) is 6.54 Å². The lowest BCUT2D eigenvalue weighted by Crippen LogP contribution is -2.25. The van der Waals surface area contributed by atoms with Crippen molar-refractivity contribution in [3.63, 3.8) is 0 Å². The van der Waals surface area contributed by atoms with Gasteiger partial charge in [0.1, 0.15) is 11.6 Å². The van der Waals surface area contributed by atoms with Crippen LogP contribution in [0.3, 0.4) is 0 Å². The second-order valence-corrected chi connectivity index (χ2v) is 4.87. The maximum absolute atomic E-state index is 13.0. The van der Waals surface area contributed by atoms with E-state index in [2.05, 4.69) is 22.2 Å². The van der Waals surface area contributed by atoms with Gasteiger partial charge in [0.15, 0.2) is 0 Å². The molecule has 2 rings (SSSR count). The van der Waals surface area contributed by atoms with E-state index in [9.17, 15) is 4.39 Å². The molecule has 0 aliphatic carbocycles. The molecule has 1 N–H and O–H groups in total. The third-order valence-electron chi connectivity index (χ3n) is 3.15. The Kier molecular flexibility index (Phi) is 5.18. The van der Waals surface area contributed by atoms with Gasteiger partial charge >= 0.3 is 0 Å². The molecule has 0 aliphatic rings. The highest BCUT2D eigenvalue weighted by Gasteiger charge is 2.13. The number of halogens is 1. The molecule has 0 amide bonds. The number of rotatable bonds is 6. The SMILES string of the molecule is CCCNC(Cc1ccc(F)cc1)c1ccnc(C)n1. The molecule has 4 heteroatoms. The summed E-state index contributed by atoms with van der Waals surface area (Å²) in [5.74, 6) is 0.564. The highest BCUT2D eigenvalue weighted by atomic mass is 19.1. The number of benzene rings is 1.